The highest BCUT2D eigenvalue weighted by atomic mass is 28.4. The minimum atomic E-state index is -2.88. The van der Waals surface area contributed by atoms with Gasteiger partial charge in [-0.2, -0.15) is 0 Å². The molecule has 0 saturated carbocycles. The fraction of sp³-hybridized carbons (Fsp3) is 0.514. The molecule has 1 spiro atoms. The number of fused-ring (bicyclic) bond motifs is 2. The van der Waals surface area contributed by atoms with Gasteiger partial charge in [-0.05, 0) is 68.3 Å². The molecule has 7 rings (SSSR count). The Morgan fingerprint density at radius 3 is 2.27 bits per heavy atom. The topological polar surface area (TPSA) is 141 Å². The zero-order chi connectivity index (χ0) is 33.8. The number of aryl methyl sites for hydroxylation is 1. The summed E-state index contributed by atoms with van der Waals surface area (Å²) in [5, 5.41) is 17.7. The Morgan fingerprint density at radius 2 is 1.65 bits per heavy atom. The van der Waals surface area contributed by atoms with Crippen molar-refractivity contribution >= 4 is 43.1 Å². The van der Waals surface area contributed by atoms with Gasteiger partial charge in [-0.3, -0.25) is 19.1 Å². The fourth-order valence-corrected chi connectivity index (χ4v) is 11.0. The van der Waals surface area contributed by atoms with Gasteiger partial charge in [0.1, 0.15) is 0 Å². The van der Waals surface area contributed by atoms with Crippen molar-refractivity contribution in [1.29, 1.82) is 0 Å². The van der Waals surface area contributed by atoms with Gasteiger partial charge in [0.2, 0.25) is 11.8 Å². The molecule has 4 aliphatic heterocycles. The second-order valence-corrected chi connectivity index (χ2v) is 18.1. The zero-order valence-electron chi connectivity index (χ0n) is 27.8. The van der Waals surface area contributed by atoms with E-state index in [4.69, 9.17) is 4.74 Å². The molecule has 0 aliphatic carbocycles. The molecule has 5 heterocycles. The van der Waals surface area contributed by atoms with Crippen LogP contribution in [0.4, 0.5) is 17.1 Å². The van der Waals surface area contributed by atoms with Crippen LogP contribution in [0.15, 0.2) is 48.7 Å². The molecular formula is C35H44N6O6Si. The predicted molar refractivity (Wildman–Crippen MR) is 182 cm³/mol. The molecule has 4 atom stereocenters. The van der Waals surface area contributed by atoms with Crippen LogP contribution in [0.1, 0.15) is 55.8 Å². The maximum atomic E-state index is 14.9. The number of aliphatic hydroxyl groups is 1. The SMILES string of the molecule is C[C@@H]1[C@@H]([Si](C)(C)O)[C@H](CCn2cc(CCO)nn2)O[C@@]12C(=O)N(Cc1ccc(N3CCCC3=O)cc1)c1ccc(N3CCCC3=O)cc12. The average molecular weight is 673 g/mol. The highest BCUT2D eigenvalue weighted by molar-refractivity contribution is 6.71. The van der Waals surface area contributed by atoms with Crippen molar-refractivity contribution in [3.8, 4) is 0 Å². The molecule has 12 nitrogen and oxygen atoms in total. The Morgan fingerprint density at radius 1 is 0.979 bits per heavy atom. The third-order valence-electron chi connectivity index (χ3n) is 10.6. The van der Waals surface area contributed by atoms with Crippen LogP contribution in [-0.4, -0.2) is 76.7 Å². The van der Waals surface area contributed by atoms with Crippen LogP contribution in [0.5, 0.6) is 0 Å². The van der Waals surface area contributed by atoms with Crippen molar-refractivity contribution < 1.29 is 29.0 Å². The smallest absolute Gasteiger partial charge is 0.264 e. The van der Waals surface area contributed by atoms with E-state index < -0.39 is 20.0 Å². The number of hydrogen-bond acceptors (Lipinski definition) is 8. The van der Waals surface area contributed by atoms with Gasteiger partial charge in [0.15, 0.2) is 13.9 Å². The quantitative estimate of drug-likeness (QED) is 0.312. The summed E-state index contributed by atoms with van der Waals surface area (Å²) in [5.74, 6) is -0.332. The summed E-state index contributed by atoms with van der Waals surface area (Å²) < 4.78 is 8.74. The van der Waals surface area contributed by atoms with E-state index in [0.29, 0.717) is 57.6 Å². The van der Waals surface area contributed by atoms with Crippen molar-refractivity contribution in [3.05, 3.63) is 65.5 Å². The molecule has 48 heavy (non-hydrogen) atoms. The highest BCUT2D eigenvalue weighted by Crippen LogP contribution is 2.60. The molecule has 3 aromatic rings. The monoisotopic (exact) mass is 672 g/mol. The van der Waals surface area contributed by atoms with Crippen molar-refractivity contribution in [3.63, 3.8) is 0 Å². The number of benzene rings is 2. The fourth-order valence-electron chi connectivity index (χ4n) is 8.40. The Balaban J connectivity index is 1.24. The first-order chi connectivity index (χ1) is 23.0. The van der Waals surface area contributed by atoms with Gasteiger partial charge in [-0.1, -0.05) is 24.3 Å². The zero-order valence-corrected chi connectivity index (χ0v) is 28.8. The molecule has 4 aliphatic rings. The highest BCUT2D eigenvalue weighted by Gasteiger charge is 2.66. The molecule has 2 N–H and O–H groups in total. The van der Waals surface area contributed by atoms with Crippen molar-refractivity contribution in [2.75, 3.05) is 34.4 Å². The van der Waals surface area contributed by atoms with Gasteiger partial charge < -0.3 is 29.3 Å². The van der Waals surface area contributed by atoms with Crippen molar-refractivity contribution in [2.45, 2.75) is 88.9 Å². The number of aromatic nitrogens is 3. The summed E-state index contributed by atoms with van der Waals surface area (Å²) in [6.07, 6.45) is 5.01. The van der Waals surface area contributed by atoms with E-state index in [2.05, 4.69) is 10.3 Å². The normalized spacial score (nSPS) is 25.7. The molecule has 3 fully saturated rings. The second kappa shape index (κ2) is 12.5. The van der Waals surface area contributed by atoms with Gasteiger partial charge in [0.05, 0.1) is 24.0 Å². The predicted octanol–water partition coefficient (Wildman–Crippen LogP) is 3.50. The van der Waals surface area contributed by atoms with E-state index in [-0.39, 0.29) is 35.8 Å². The first-order valence-electron chi connectivity index (χ1n) is 17.1. The van der Waals surface area contributed by atoms with Crippen LogP contribution in [0, 0.1) is 5.92 Å². The largest absolute Gasteiger partial charge is 0.432 e. The second-order valence-electron chi connectivity index (χ2n) is 14.2. The summed E-state index contributed by atoms with van der Waals surface area (Å²) in [4.78, 5) is 57.1. The average Bonchev–Trinajstić information content (AvgIpc) is 3.88. The van der Waals surface area contributed by atoms with E-state index in [9.17, 15) is 24.3 Å². The maximum Gasteiger partial charge on any atom is 0.264 e. The molecule has 0 radical (unpaired) electrons. The van der Waals surface area contributed by atoms with E-state index in [1.54, 1.807) is 19.4 Å². The lowest BCUT2D eigenvalue weighted by Crippen LogP contribution is -2.46. The maximum absolute atomic E-state index is 14.9. The van der Waals surface area contributed by atoms with Crippen LogP contribution in [0.2, 0.25) is 18.6 Å². The first kappa shape index (κ1) is 32.6. The van der Waals surface area contributed by atoms with Crippen molar-refractivity contribution in [1.82, 2.24) is 15.0 Å². The van der Waals surface area contributed by atoms with Gasteiger partial charge in [-0.15, -0.1) is 5.10 Å². The molecule has 0 unspecified atom stereocenters. The molecule has 2 aromatic carbocycles. The number of amides is 3. The number of nitrogens with zero attached hydrogens (tertiary/aromatic N) is 6. The summed E-state index contributed by atoms with van der Waals surface area (Å²) in [7, 11) is -2.88. The molecular weight excluding hydrogens is 629 g/mol. The molecule has 13 heteroatoms. The van der Waals surface area contributed by atoms with E-state index in [1.165, 1.54) is 0 Å². The standard InChI is InChI=1S/C35H44N6O6Si/c1-23-33(48(2,3)46)30(14-18-38-22-25(15-19-42)36-37-38)47-35(23)28-20-27(40-17-5-7-32(40)44)12-13-29(28)41(34(35)45)21-24-8-10-26(11-9-24)39-16-4-6-31(39)43/h8-13,20,22-23,30,33,42,46H,4-7,14-19,21H2,1-3H3/t23-,30+,33-,35+/m1/s1. The minimum Gasteiger partial charge on any atom is -0.432 e. The van der Waals surface area contributed by atoms with E-state index in [1.807, 2.05) is 68.7 Å². The Labute approximate surface area is 281 Å². The molecule has 0 bridgehead atoms. The number of ether oxygens (including phenoxy) is 1. The van der Waals surface area contributed by atoms with Crippen LogP contribution >= 0.6 is 0 Å². The number of anilines is 3. The summed E-state index contributed by atoms with van der Waals surface area (Å²) >= 11 is 0. The lowest BCUT2D eigenvalue weighted by atomic mass is 9.82. The number of hydrogen-bond donors (Lipinski definition) is 2. The lowest BCUT2D eigenvalue weighted by molar-refractivity contribution is -0.146. The number of aliphatic hydroxyl groups excluding tert-OH is 1. The van der Waals surface area contributed by atoms with Crippen LogP contribution in [-0.2, 0) is 44.2 Å². The number of rotatable bonds is 10. The third-order valence-corrected chi connectivity index (χ3v) is 13.1. The Hall–Kier alpha value is -3.91. The third kappa shape index (κ3) is 5.56. The molecule has 1 aromatic heterocycles. The van der Waals surface area contributed by atoms with Crippen LogP contribution < -0.4 is 14.7 Å². The number of carbonyl (C=O) groups excluding carboxylic acids is 3. The summed E-state index contributed by atoms with van der Waals surface area (Å²) in [6.45, 7) is 7.94. The van der Waals surface area contributed by atoms with Gasteiger partial charge in [0, 0.05) is 80.1 Å². The Kier molecular flexibility index (Phi) is 8.51. The lowest BCUT2D eigenvalue weighted by Gasteiger charge is -2.32. The Bertz CT molecular complexity index is 1720. The van der Waals surface area contributed by atoms with Crippen LogP contribution in [0.25, 0.3) is 0 Å². The van der Waals surface area contributed by atoms with Gasteiger partial charge in [0.25, 0.3) is 5.91 Å². The molecule has 3 amide bonds. The van der Waals surface area contributed by atoms with Gasteiger partial charge >= 0.3 is 0 Å². The molecule has 254 valence electrons. The van der Waals surface area contributed by atoms with E-state index in [0.717, 1.165) is 41.0 Å². The van der Waals surface area contributed by atoms with Gasteiger partial charge in [-0.25, -0.2) is 0 Å². The number of carbonyl (C=O) groups is 3. The molecule has 3 saturated heterocycles. The minimum absolute atomic E-state index is 0.0118. The van der Waals surface area contributed by atoms with Crippen molar-refractivity contribution in [2.24, 2.45) is 5.92 Å². The first-order valence-corrected chi connectivity index (χ1v) is 20.1. The van der Waals surface area contributed by atoms with Crippen LogP contribution in [0.3, 0.4) is 0 Å². The summed E-state index contributed by atoms with van der Waals surface area (Å²) in [6, 6.07) is 13.6. The van der Waals surface area contributed by atoms with E-state index >= 15 is 0 Å². The summed E-state index contributed by atoms with van der Waals surface area (Å²) in [5.41, 5.74) is 3.09.